The topological polar surface area (TPSA) is 47.8 Å². The summed E-state index contributed by atoms with van der Waals surface area (Å²) in [4.78, 5) is 15.2. The fourth-order valence-corrected chi connectivity index (χ4v) is 2.13. The molecule has 6 heteroatoms. The number of fused-ring (bicyclic) bond motifs is 1. The summed E-state index contributed by atoms with van der Waals surface area (Å²) in [7, 11) is 0. The molecule has 0 atom stereocenters. The minimum atomic E-state index is -3.00. The van der Waals surface area contributed by atoms with Crippen LogP contribution in [0.2, 0.25) is 0 Å². The number of hydrogen-bond acceptors (Lipinski definition) is 3. The molecule has 0 fully saturated rings. The van der Waals surface area contributed by atoms with E-state index in [-0.39, 0.29) is 11.5 Å². The monoisotopic (exact) mass is 263 g/mol. The molecule has 98 valence electrons. The van der Waals surface area contributed by atoms with Gasteiger partial charge in [0.2, 0.25) is 0 Å². The van der Waals surface area contributed by atoms with Crippen molar-refractivity contribution in [3.63, 3.8) is 0 Å². The van der Waals surface area contributed by atoms with Crippen LogP contribution in [-0.4, -0.2) is 20.5 Å². The van der Waals surface area contributed by atoms with E-state index in [9.17, 15) is 13.6 Å². The molecule has 3 rings (SSSR count). The van der Waals surface area contributed by atoms with Crippen molar-refractivity contribution in [3.8, 4) is 5.69 Å². The summed E-state index contributed by atoms with van der Waals surface area (Å²) in [5.74, 6) is -2.95. The van der Waals surface area contributed by atoms with E-state index in [4.69, 9.17) is 0 Å². The first-order valence-corrected chi connectivity index (χ1v) is 5.91. The van der Waals surface area contributed by atoms with Crippen molar-refractivity contribution in [1.29, 1.82) is 0 Å². The van der Waals surface area contributed by atoms with Crippen LogP contribution < -0.4 is 0 Å². The maximum atomic E-state index is 13.2. The van der Waals surface area contributed by atoms with Gasteiger partial charge in [-0.2, -0.15) is 13.9 Å². The minimum Gasteiger partial charge on any atom is -0.294 e. The SMILES string of the molecule is CC(F)(F)c1cc(-n2cc3c(n2)CCC3=O)ccn1. The first-order valence-electron chi connectivity index (χ1n) is 5.91. The first-order chi connectivity index (χ1) is 8.95. The van der Waals surface area contributed by atoms with Crippen molar-refractivity contribution in [2.24, 2.45) is 0 Å². The highest BCUT2D eigenvalue weighted by atomic mass is 19.3. The van der Waals surface area contributed by atoms with Crippen molar-refractivity contribution in [2.75, 3.05) is 0 Å². The van der Waals surface area contributed by atoms with Crippen molar-refractivity contribution < 1.29 is 13.6 Å². The van der Waals surface area contributed by atoms with E-state index in [2.05, 4.69) is 10.1 Å². The van der Waals surface area contributed by atoms with Gasteiger partial charge in [0.05, 0.1) is 16.9 Å². The van der Waals surface area contributed by atoms with Gasteiger partial charge in [-0.05, 0) is 18.6 Å². The van der Waals surface area contributed by atoms with E-state index in [0.29, 0.717) is 24.1 Å². The molecule has 1 aliphatic carbocycles. The van der Waals surface area contributed by atoms with Gasteiger partial charge in [-0.15, -0.1) is 0 Å². The van der Waals surface area contributed by atoms with Crippen molar-refractivity contribution >= 4 is 5.78 Å². The van der Waals surface area contributed by atoms with E-state index in [1.165, 1.54) is 16.9 Å². The molecule has 0 saturated carbocycles. The van der Waals surface area contributed by atoms with Crippen LogP contribution >= 0.6 is 0 Å². The molecule has 2 aromatic rings. The lowest BCUT2D eigenvalue weighted by Gasteiger charge is -2.10. The standard InChI is InChI=1S/C13H11F2N3O/c1-13(14,15)12-6-8(4-5-16-12)18-7-9-10(17-18)2-3-11(9)19/h4-7H,2-3H2,1H3. The van der Waals surface area contributed by atoms with E-state index in [1.54, 1.807) is 12.3 Å². The highest BCUT2D eigenvalue weighted by Crippen LogP contribution is 2.27. The van der Waals surface area contributed by atoms with E-state index < -0.39 is 5.92 Å². The zero-order chi connectivity index (χ0) is 13.6. The number of aromatic nitrogens is 3. The van der Waals surface area contributed by atoms with Crippen LogP contribution in [0.5, 0.6) is 0 Å². The van der Waals surface area contributed by atoms with Gasteiger partial charge in [-0.3, -0.25) is 9.78 Å². The molecule has 0 aliphatic heterocycles. The lowest BCUT2D eigenvalue weighted by atomic mass is 10.2. The first kappa shape index (κ1) is 12.0. The van der Waals surface area contributed by atoms with Crippen molar-refractivity contribution in [2.45, 2.75) is 25.7 Å². The Morgan fingerprint density at radius 3 is 2.84 bits per heavy atom. The van der Waals surface area contributed by atoms with Crippen LogP contribution in [0.15, 0.2) is 24.5 Å². The maximum Gasteiger partial charge on any atom is 0.287 e. The molecule has 0 radical (unpaired) electrons. The molecular weight excluding hydrogens is 252 g/mol. The molecule has 1 aliphatic rings. The van der Waals surface area contributed by atoms with Gasteiger partial charge < -0.3 is 0 Å². The third kappa shape index (κ3) is 2.03. The van der Waals surface area contributed by atoms with Crippen LogP contribution in [0.1, 0.15) is 35.1 Å². The zero-order valence-electron chi connectivity index (χ0n) is 10.2. The smallest absolute Gasteiger partial charge is 0.287 e. The molecule has 19 heavy (non-hydrogen) atoms. The number of rotatable bonds is 2. The normalized spacial score (nSPS) is 14.8. The summed E-state index contributed by atoms with van der Waals surface area (Å²) in [5.41, 5.74) is 1.48. The lowest BCUT2D eigenvalue weighted by Crippen LogP contribution is -2.10. The molecule has 0 spiro atoms. The van der Waals surface area contributed by atoms with Crippen LogP contribution in [0.25, 0.3) is 5.69 Å². The zero-order valence-corrected chi connectivity index (χ0v) is 10.2. The summed E-state index contributed by atoms with van der Waals surface area (Å²) >= 11 is 0. The van der Waals surface area contributed by atoms with Crippen LogP contribution in [-0.2, 0) is 12.3 Å². The average Bonchev–Trinajstić information content (AvgIpc) is 2.91. The van der Waals surface area contributed by atoms with Gasteiger partial charge in [0, 0.05) is 25.7 Å². The summed E-state index contributed by atoms with van der Waals surface area (Å²) in [6.45, 7) is 0.797. The van der Waals surface area contributed by atoms with Gasteiger partial charge >= 0.3 is 0 Å². The van der Waals surface area contributed by atoms with Crippen LogP contribution in [0.4, 0.5) is 8.78 Å². The number of hydrogen-bond donors (Lipinski definition) is 0. The molecule has 0 bridgehead atoms. The number of nitrogens with zero attached hydrogens (tertiary/aromatic N) is 3. The molecule has 0 unspecified atom stereocenters. The van der Waals surface area contributed by atoms with Gasteiger partial charge in [0.15, 0.2) is 5.78 Å². The fourth-order valence-electron chi connectivity index (χ4n) is 2.13. The number of aryl methyl sites for hydroxylation is 1. The summed E-state index contributed by atoms with van der Waals surface area (Å²) in [6, 6.07) is 2.87. The third-order valence-corrected chi connectivity index (χ3v) is 3.14. The van der Waals surface area contributed by atoms with E-state index >= 15 is 0 Å². The Kier molecular flexibility index (Phi) is 2.48. The Bertz CT molecular complexity index is 658. The summed E-state index contributed by atoms with van der Waals surface area (Å²) in [5, 5.41) is 4.26. The quantitative estimate of drug-likeness (QED) is 0.836. The molecule has 0 aromatic carbocycles. The van der Waals surface area contributed by atoms with Gasteiger partial charge in [-0.1, -0.05) is 0 Å². The minimum absolute atomic E-state index is 0.0522. The predicted molar refractivity (Wildman–Crippen MR) is 63.6 cm³/mol. The third-order valence-electron chi connectivity index (χ3n) is 3.14. The lowest BCUT2D eigenvalue weighted by molar-refractivity contribution is 0.0127. The number of halogens is 2. The number of ketones is 1. The Morgan fingerprint density at radius 2 is 2.16 bits per heavy atom. The predicted octanol–water partition coefficient (Wildman–Crippen LogP) is 2.51. The highest BCUT2D eigenvalue weighted by Gasteiger charge is 2.27. The summed E-state index contributed by atoms with van der Waals surface area (Å²) < 4.78 is 27.9. The van der Waals surface area contributed by atoms with Crippen molar-refractivity contribution in [3.05, 3.63) is 41.5 Å². The van der Waals surface area contributed by atoms with Gasteiger partial charge in [0.1, 0.15) is 5.69 Å². The Hall–Kier alpha value is -2.11. The molecule has 2 aromatic heterocycles. The number of Topliss-reactive ketones (excluding diaryl/α,β-unsaturated/α-hetero) is 1. The number of carbonyl (C=O) groups is 1. The molecule has 2 heterocycles. The second kappa shape index (κ2) is 3.94. The van der Waals surface area contributed by atoms with Crippen molar-refractivity contribution in [1.82, 2.24) is 14.8 Å². The molecule has 0 N–H and O–H groups in total. The molecule has 0 amide bonds. The van der Waals surface area contributed by atoms with Gasteiger partial charge in [0.25, 0.3) is 5.92 Å². The number of alkyl halides is 2. The van der Waals surface area contributed by atoms with E-state index in [1.807, 2.05) is 0 Å². The maximum absolute atomic E-state index is 13.2. The molecule has 0 saturated heterocycles. The number of carbonyl (C=O) groups excluding carboxylic acids is 1. The van der Waals surface area contributed by atoms with Crippen LogP contribution in [0.3, 0.4) is 0 Å². The Balaban J connectivity index is 2.04. The average molecular weight is 263 g/mol. The molecular formula is C13H11F2N3O. The van der Waals surface area contributed by atoms with Crippen LogP contribution in [0, 0.1) is 0 Å². The fraction of sp³-hybridized carbons (Fsp3) is 0.308. The second-order valence-electron chi connectivity index (χ2n) is 4.64. The van der Waals surface area contributed by atoms with Gasteiger partial charge in [-0.25, -0.2) is 4.68 Å². The summed E-state index contributed by atoms with van der Waals surface area (Å²) in [6.07, 6.45) is 4.00. The Labute approximate surface area is 108 Å². The largest absolute Gasteiger partial charge is 0.294 e. The molecule has 4 nitrogen and oxygen atoms in total. The number of pyridine rings is 1. The highest BCUT2D eigenvalue weighted by molar-refractivity contribution is 5.99. The second-order valence-corrected chi connectivity index (χ2v) is 4.64. The Morgan fingerprint density at radius 1 is 1.37 bits per heavy atom. The van der Waals surface area contributed by atoms with E-state index in [0.717, 1.165) is 12.6 Å².